The zero-order valence-electron chi connectivity index (χ0n) is 11.2. The van der Waals surface area contributed by atoms with E-state index in [-0.39, 0.29) is 24.5 Å². The van der Waals surface area contributed by atoms with Crippen LogP contribution in [0.15, 0.2) is 30.3 Å². The van der Waals surface area contributed by atoms with Crippen LogP contribution in [0.25, 0.3) is 0 Å². The summed E-state index contributed by atoms with van der Waals surface area (Å²) in [5, 5.41) is 2.85. The van der Waals surface area contributed by atoms with Crippen molar-refractivity contribution in [2.75, 3.05) is 25.0 Å². The summed E-state index contributed by atoms with van der Waals surface area (Å²) in [5.41, 5.74) is 0.777. The molecule has 0 unspecified atom stereocenters. The standard InChI is InChI=1S/C15H18N2O3/c18-13(16-12-4-2-1-3-5-12)10-17-8-6-11-7-9-20-15(19)14(11)17/h1-5,11,14H,6-10H2,(H,16,18)/t11-,14+/m0/s1. The maximum Gasteiger partial charge on any atom is 0.323 e. The molecule has 0 aliphatic carbocycles. The number of hydrogen-bond donors (Lipinski definition) is 1. The summed E-state index contributed by atoms with van der Waals surface area (Å²) < 4.78 is 5.11. The van der Waals surface area contributed by atoms with Crippen molar-refractivity contribution in [2.45, 2.75) is 18.9 Å². The minimum Gasteiger partial charge on any atom is -0.465 e. The summed E-state index contributed by atoms with van der Waals surface area (Å²) in [6.07, 6.45) is 1.88. The first-order chi connectivity index (χ1) is 9.74. The Bertz CT molecular complexity index is 503. The van der Waals surface area contributed by atoms with E-state index in [1.807, 2.05) is 35.2 Å². The van der Waals surface area contributed by atoms with Crippen LogP contribution in [0.1, 0.15) is 12.8 Å². The van der Waals surface area contributed by atoms with E-state index in [0.29, 0.717) is 12.5 Å². The molecule has 2 aliphatic rings. The summed E-state index contributed by atoms with van der Waals surface area (Å²) in [4.78, 5) is 25.8. The van der Waals surface area contributed by atoms with E-state index in [1.165, 1.54) is 0 Å². The molecule has 2 heterocycles. The number of anilines is 1. The third-order valence-electron chi connectivity index (χ3n) is 4.01. The van der Waals surface area contributed by atoms with Gasteiger partial charge in [-0.15, -0.1) is 0 Å². The minimum absolute atomic E-state index is 0.0878. The highest BCUT2D eigenvalue weighted by molar-refractivity contribution is 5.92. The smallest absolute Gasteiger partial charge is 0.323 e. The first kappa shape index (κ1) is 13.1. The van der Waals surface area contributed by atoms with Crippen molar-refractivity contribution in [1.29, 1.82) is 0 Å². The Hall–Kier alpha value is -1.88. The van der Waals surface area contributed by atoms with Gasteiger partial charge in [0.05, 0.1) is 13.2 Å². The molecule has 1 N–H and O–H groups in total. The van der Waals surface area contributed by atoms with Gasteiger partial charge in [-0.1, -0.05) is 18.2 Å². The Kier molecular flexibility index (Phi) is 3.69. The summed E-state index contributed by atoms with van der Waals surface area (Å²) in [6, 6.07) is 9.11. The molecular formula is C15H18N2O3. The highest BCUT2D eigenvalue weighted by atomic mass is 16.5. The van der Waals surface area contributed by atoms with Crippen molar-refractivity contribution in [3.8, 4) is 0 Å². The molecule has 106 valence electrons. The Balaban J connectivity index is 1.60. The maximum absolute atomic E-state index is 12.0. The number of esters is 1. The molecule has 0 radical (unpaired) electrons. The van der Waals surface area contributed by atoms with Gasteiger partial charge >= 0.3 is 5.97 Å². The molecule has 2 atom stereocenters. The molecular weight excluding hydrogens is 256 g/mol. The van der Waals surface area contributed by atoms with E-state index in [0.717, 1.165) is 25.1 Å². The van der Waals surface area contributed by atoms with Gasteiger partial charge in [0.1, 0.15) is 6.04 Å². The van der Waals surface area contributed by atoms with Crippen molar-refractivity contribution in [3.05, 3.63) is 30.3 Å². The summed E-state index contributed by atoms with van der Waals surface area (Å²) in [7, 11) is 0. The van der Waals surface area contributed by atoms with E-state index in [1.54, 1.807) is 0 Å². The molecule has 5 heteroatoms. The van der Waals surface area contributed by atoms with Crippen LogP contribution in [0.3, 0.4) is 0 Å². The predicted molar refractivity (Wildman–Crippen MR) is 74.1 cm³/mol. The Morgan fingerprint density at radius 2 is 2.10 bits per heavy atom. The average molecular weight is 274 g/mol. The lowest BCUT2D eigenvalue weighted by atomic mass is 9.95. The zero-order chi connectivity index (χ0) is 13.9. The Morgan fingerprint density at radius 3 is 2.90 bits per heavy atom. The third-order valence-corrected chi connectivity index (χ3v) is 4.01. The van der Waals surface area contributed by atoms with Crippen molar-refractivity contribution < 1.29 is 14.3 Å². The van der Waals surface area contributed by atoms with Gasteiger partial charge < -0.3 is 10.1 Å². The van der Waals surface area contributed by atoms with Crippen LogP contribution in [0.2, 0.25) is 0 Å². The minimum atomic E-state index is -0.231. The van der Waals surface area contributed by atoms with Crippen LogP contribution in [-0.2, 0) is 14.3 Å². The van der Waals surface area contributed by atoms with E-state index >= 15 is 0 Å². The van der Waals surface area contributed by atoms with Crippen LogP contribution in [-0.4, -0.2) is 42.5 Å². The number of amides is 1. The van der Waals surface area contributed by atoms with Gasteiger partial charge in [0.25, 0.3) is 0 Å². The van der Waals surface area contributed by atoms with Gasteiger partial charge in [0.2, 0.25) is 5.91 Å². The lowest BCUT2D eigenvalue weighted by molar-refractivity contribution is -0.155. The van der Waals surface area contributed by atoms with Crippen LogP contribution >= 0.6 is 0 Å². The molecule has 0 saturated carbocycles. The van der Waals surface area contributed by atoms with E-state index in [4.69, 9.17) is 4.74 Å². The molecule has 1 amide bonds. The quantitative estimate of drug-likeness (QED) is 0.843. The second kappa shape index (κ2) is 5.63. The number of nitrogens with one attached hydrogen (secondary N) is 1. The third kappa shape index (κ3) is 2.67. The predicted octanol–water partition coefficient (Wildman–Crippen LogP) is 1.26. The SMILES string of the molecule is O=C(CN1CC[C@H]2CCOC(=O)[C@@H]21)Nc1ccccc1. The maximum atomic E-state index is 12.0. The molecule has 2 aliphatic heterocycles. The molecule has 3 rings (SSSR count). The lowest BCUT2D eigenvalue weighted by Gasteiger charge is -2.29. The van der Waals surface area contributed by atoms with Crippen molar-refractivity contribution >= 4 is 17.6 Å². The molecule has 1 aromatic carbocycles. The van der Waals surface area contributed by atoms with Crippen LogP contribution in [0.5, 0.6) is 0 Å². The number of likely N-dealkylation sites (tertiary alicyclic amines) is 1. The molecule has 2 fully saturated rings. The molecule has 20 heavy (non-hydrogen) atoms. The average Bonchev–Trinajstić information content (AvgIpc) is 2.84. The number of para-hydroxylation sites is 1. The number of benzene rings is 1. The second-order valence-electron chi connectivity index (χ2n) is 5.33. The van der Waals surface area contributed by atoms with Crippen molar-refractivity contribution in [2.24, 2.45) is 5.92 Å². The lowest BCUT2D eigenvalue weighted by Crippen LogP contribution is -2.46. The molecule has 2 saturated heterocycles. The van der Waals surface area contributed by atoms with Crippen LogP contribution in [0.4, 0.5) is 5.69 Å². The van der Waals surface area contributed by atoms with Crippen LogP contribution in [0, 0.1) is 5.92 Å². The van der Waals surface area contributed by atoms with Gasteiger partial charge in [-0.2, -0.15) is 0 Å². The first-order valence-electron chi connectivity index (χ1n) is 6.99. The highest BCUT2D eigenvalue weighted by Crippen LogP contribution is 2.31. The number of rotatable bonds is 3. The molecule has 1 aromatic rings. The zero-order valence-corrected chi connectivity index (χ0v) is 11.2. The van der Waals surface area contributed by atoms with Gasteiger partial charge in [0.15, 0.2) is 0 Å². The summed E-state index contributed by atoms with van der Waals surface area (Å²) in [6.45, 7) is 1.54. The fourth-order valence-corrected chi connectivity index (χ4v) is 3.05. The topological polar surface area (TPSA) is 58.6 Å². The Labute approximate surface area is 117 Å². The van der Waals surface area contributed by atoms with Crippen molar-refractivity contribution in [3.63, 3.8) is 0 Å². The van der Waals surface area contributed by atoms with Gasteiger partial charge in [0, 0.05) is 5.69 Å². The Morgan fingerprint density at radius 1 is 1.30 bits per heavy atom. The largest absolute Gasteiger partial charge is 0.465 e. The number of nitrogens with zero attached hydrogens (tertiary/aromatic N) is 1. The number of cyclic esters (lactones) is 1. The van der Waals surface area contributed by atoms with Crippen LogP contribution < -0.4 is 5.32 Å². The fourth-order valence-electron chi connectivity index (χ4n) is 3.05. The number of carbonyl (C=O) groups excluding carboxylic acids is 2. The normalized spacial score (nSPS) is 25.9. The summed E-state index contributed by atoms with van der Waals surface area (Å²) >= 11 is 0. The van der Waals surface area contributed by atoms with Gasteiger partial charge in [-0.05, 0) is 37.4 Å². The van der Waals surface area contributed by atoms with Crippen molar-refractivity contribution in [1.82, 2.24) is 4.90 Å². The molecule has 0 bridgehead atoms. The molecule has 0 aromatic heterocycles. The summed E-state index contributed by atoms with van der Waals surface area (Å²) in [5.74, 6) is 0.0854. The number of carbonyl (C=O) groups is 2. The fraction of sp³-hybridized carbons (Fsp3) is 0.467. The number of fused-ring (bicyclic) bond motifs is 1. The first-order valence-corrected chi connectivity index (χ1v) is 6.99. The monoisotopic (exact) mass is 274 g/mol. The van der Waals surface area contributed by atoms with Gasteiger partial charge in [-0.3, -0.25) is 14.5 Å². The van der Waals surface area contributed by atoms with E-state index in [2.05, 4.69) is 5.32 Å². The molecule has 5 nitrogen and oxygen atoms in total. The van der Waals surface area contributed by atoms with E-state index < -0.39 is 0 Å². The van der Waals surface area contributed by atoms with Gasteiger partial charge in [-0.25, -0.2) is 0 Å². The highest BCUT2D eigenvalue weighted by Gasteiger charge is 2.43. The number of hydrogen-bond acceptors (Lipinski definition) is 4. The molecule has 0 spiro atoms. The number of ether oxygens (including phenoxy) is 1. The second-order valence-corrected chi connectivity index (χ2v) is 5.33. The van der Waals surface area contributed by atoms with E-state index in [9.17, 15) is 9.59 Å².